The van der Waals surface area contributed by atoms with E-state index in [0.29, 0.717) is 27.5 Å². The predicted molar refractivity (Wildman–Crippen MR) is 124 cm³/mol. The molecule has 33 heavy (non-hydrogen) atoms. The Kier molecular flexibility index (Phi) is 5.31. The summed E-state index contributed by atoms with van der Waals surface area (Å²) in [4.78, 5) is 37.1. The Labute approximate surface area is 191 Å². The molecule has 1 amide bonds. The van der Waals surface area contributed by atoms with Crippen molar-refractivity contribution in [2.75, 3.05) is 5.32 Å². The van der Waals surface area contributed by atoms with Crippen LogP contribution in [0.5, 0.6) is 0 Å². The van der Waals surface area contributed by atoms with Crippen LogP contribution in [0, 0.1) is 0 Å². The number of aryl methyl sites for hydroxylation is 1. The number of aromatic nitrogens is 4. The normalized spacial score (nSPS) is 11.3. The van der Waals surface area contributed by atoms with Crippen LogP contribution in [0.1, 0.15) is 12.0 Å². The van der Waals surface area contributed by atoms with Crippen LogP contribution in [-0.2, 0) is 17.9 Å². The first-order valence-electron chi connectivity index (χ1n) is 10.2. The third-order valence-corrected chi connectivity index (χ3v) is 5.46. The minimum atomic E-state index is -0.542. The van der Waals surface area contributed by atoms with Crippen molar-refractivity contribution in [3.05, 3.63) is 98.5 Å². The second kappa shape index (κ2) is 8.44. The van der Waals surface area contributed by atoms with E-state index in [9.17, 15) is 14.4 Å². The molecule has 9 nitrogen and oxygen atoms in total. The van der Waals surface area contributed by atoms with E-state index in [2.05, 4.69) is 10.4 Å². The summed E-state index contributed by atoms with van der Waals surface area (Å²) in [5, 5.41) is 7.62. The number of pyridine rings is 1. The smallest absolute Gasteiger partial charge is 0.408 e. The Bertz CT molecular complexity index is 1610. The molecule has 5 rings (SSSR count). The molecule has 5 aromatic rings. The lowest BCUT2D eigenvalue weighted by atomic mass is 10.2. The fourth-order valence-electron chi connectivity index (χ4n) is 3.68. The Hall–Kier alpha value is -4.11. The zero-order chi connectivity index (χ0) is 22.9. The largest absolute Gasteiger partial charge is 0.419 e. The predicted octanol–water partition coefficient (Wildman–Crippen LogP) is 3.13. The summed E-state index contributed by atoms with van der Waals surface area (Å²) in [6, 6.07) is 17.5. The van der Waals surface area contributed by atoms with Gasteiger partial charge in [-0.2, -0.15) is 0 Å². The minimum Gasteiger partial charge on any atom is -0.408 e. The average Bonchev–Trinajstić information content (AvgIpc) is 3.27. The molecule has 0 fully saturated rings. The van der Waals surface area contributed by atoms with Gasteiger partial charge in [-0.3, -0.25) is 13.8 Å². The second-order valence-corrected chi connectivity index (χ2v) is 7.94. The van der Waals surface area contributed by atoms with Gasteiger partial charge in [-0.05, 0) is 42.0 Å². The van der Waals surface area contributed by atoms with Gasteiger partial charge in [-0.15, -0.1) is 5.10 Å². The van der Waals surface area contributed by atoms with Gasteiger partial charge in [0.05, 0.1) is 12.1 Å². The summed E-state index contributed by atoms with van der Waals surface area (Å²) in [6.07, 6.45) is 1.74. The number of oxazole rings is 1. The maximum atomic E-state index is 12.5. The highest BCUT2D eigenvalue weighted by Crippen LogP contribution is 2.19. The molecule has 0 radical (unpaired) electrons. The Balaban J connectivity index is 1.27. The van der Waals surface area contributed by atoms with Gasteiger partial charge in [-0.25, -0.2) is 14.3 Å². The lowest BCUT2D eigenvalue weighted by Crippen LogP contribution is -2.22. The topological polar surface area (TPSA) is 104 Å². The zero-order valence-electron chi connectivity index (χ0n) is 17.3. The fourth-order valence-corrected chi connectivity index (χ4v) is 3.84. The summed E-state index contributed by atoms with van der Waals surface area (Å²) < 4.78 is 9.44. The SMILES string of the molecule is O=C(CCn1c(=O)oc2cc(Cl)ccc21)Nc1cccc(Cn2nc3ccccn3c2=O)c1. The molecule has 1 N–H and O–H groups in total. The number of amides is 1. The molecule has 0 saturated heterocycles. The van der Waals surface area contributed by atoms with Gasteiger partial charge in [0.25, 0.3) is 0 Å². The first kappa shape index (κ1) is 20.8. The van der Waals surface area contributed by atoms with E-state index < -0.39 is 5.76 Å². The highest BCUT2D eigenvalue weighted by Gasteiger charge is 2.12. The van der Waals surface area contributed by atoms with Crippen molar-refractivity contribution in [3.63, 3.8) is 0 Å². The van der Waals surface area contributed by atoms with Crippen molar-refractivity contribution in [2.45, 2.75) is 19.5 Å². The zero-order valence-corrected chi connectivity index (χ0v) is 18.0. The molecule has 0 aliphatic carbocycles. The van der Waals surface area contributed by atoms with Gasteiger partial charge in [0.15, 0.2) is 11.2 Å². The number of rotatable bonds is 6. The lowest BCUT2D eigenvalue weighted by molar-refractivity contribution is -0.116. The summed E-state index contributed by atoms with van der Waals surface area (Å²) in [7, 11) is 0. The van der Waals surface area contributed by atoms with Gasteiger partial charge in [0.2, 0.25) is 5.91 Å². The molecule has 0 aliphatic heterocycles. The fraction of sp³-hybridized carbons (Fsp3) is 0.130. The molecule has 0 saturated carbocycles. The molecule has 2 aromatic carbocycles. The monoisotopic (exact) mass is 463 g/mol. The average molecular weight is 464 g/mol. The molecule has 3 heterocycles. The Morgan fingerprint density at radius 3 is 2.79 bits per heavy atom. The number of halogens is 1. The summed E-state index contributed by atoms with van der Waals surface area (Å²) in [5.41, 5.74) is 2.69. The van der Waals surface area contributed by atoms with E-state index in [-0.39, 0.29) is 31.1 Å². The molecule has 0 atom stereocenters. The number of anilines is 1. The molecule has 0 bridgehead atoms. The van der Waals surface area contributed by atoms with Crippen molar-refractivity contribution < 1.29 is 9.21 Å². The number of hydrogen-bond donors (Lipinski definition) is 1. The molecule has 166 valence electrons. The molecular weight excluding hydrogens is 446 g/mol. The number of carbonyl (C=O) groups is 1. The van der Waals surface area contributed by atoms with Crippen molar-refractivity contribution in [2.24, 2.45) is 0 Å². The van der Waals surface area contributed by atoms with Gasteiger partial charge >= 0.3 is 11.4 Å². The minimum absolute atomic E-state index is 0.0767. The quantitative estimate of drug-likeness (QED) is 0.416. The van der Waals surface area contributed by atoms with E-state index in [1.807, 2.05) is 12.1 Å². The third-order valence-electron chi connectivity index (χ3n) is 5.22. The second-order valence-electron chi connectivity index (χ2n) is 7.50. The standard InChI is InChI=1S/C23H18ClN5O4/c24-16-7-8-18-19(13-16)33-23(32)27(18)11-9-21(30)25-17-5-3-4-15(12-17)14-29-22(31)28-10-2-1-6-20(28)26-29/h1-8,10,12-13H,9,11,14H2,(H,25,30). The maximum Gasteiger partial charge on any atom is 0.419 e. The third kappa shape index (κ3) is 4.18. The van der Waals surface area contributed by atoms with Gasteiger partial charge in [0, 0.05) is 35.9 Å². The van der Waals surface area contributed by atoms with Crippen LogP contribution < -0.4 is 16.8 Å². The summed E-state index contributed by atoms with van der Waals surface area (Å²) in [5.74, 6) is -0.799. The number of benzene rings is 2. The number of nitrogens with one attached hydrogen (secondary N) is 1. The van der Waals surface area contributed by atoms with Gasteiger partial charge in [-0.1, -0.05) is 29.8 Å². The maximum absolute atomic E-state index is 12.5. The van der Waals surface area contributed by atoms with E-state index in [1.165, 1.54) is 13.6 Å². The van der Waals surface area contributed by atoms with E-state index in [0.717, 1.165) is 5.56 Å². The van der Waals surface area contributed by atoms with Gasteiger partial charge in [0.1, 0.15) is 0 Å². The number of fused-ring (bicyclic) bond motifs is 2. The Morgan fingerprint density at radius 1 is 1.06 bits per heavy atom. The Morgan fingerprint density at radius 2 is 1.94 bits per heavy atom. The van der Waals surface area contributed by atoms with Crippen molar-refractivity contribution in [3.8, 4) is 0 Å². The lowest BCUT2D eigenvalue weighted by Gasteiger charge is -2.08. The number of carbonyl (C=O) groups excluding carboxylic acids is 1. The van der Waals surface area contributed by atoms with Crippen LogP contribution in [0.25, 0.3) is 16.7 Å². The van der Waals surface area contributed by atoms with Crippen molar-refractivity contribution in [1.29, 1.82) is 0 Å². The van der Waals surface area contributed by atoms with Crippen LogP contribution in [-0.4, -0.2) is 24.7 Å². The van der Waals surface area contributed by atoms with Crippen LogP contribution in [0.3, 0.4) is 0 Å². The first-order valence-corrected chi connectivity index (χ1v) is 10.6. The van der Waals surface area contributed by atoms with E-state index >= 15 is 0 Å². The van der Waals surface area contributed by atoms with E-state index in [4.69, 9.17) is 16.0 Å². The summed E-state index contributed by atoms with van der Waals surface area (Å²) in [6.45, 7) is 0.429. The molecule has 0 spiro atoms. The molecule has 10 heteroatoms. The van der Waals surface area contributed by atoms with Crippen LogP contribution in [0.2, 0.25) is 5.02 Å². The number of nitrogens with zero attached hydrogens (tertiary/aromatic N) is 4. The van der Waals surface area contributed by atoms with Crippen LogP contribution >= 0.6 is 11.6 Å². The van der Waals surface area contributed by atoms with Gasteiger partial charge < -0.3 is 9.73 Å². The highest BCUT2D eigenvalue weighted by molar-refractivity contribution is 6.31. The van der Waals surface area contributed by atoms with Crippen molar-refractivity contribution in [1.82, 2.24) is 18.7 Å². The summed E-state index contributed by atoms with van der Waals surface area (Å²) >= 11 is 5.93. The molecule has 0 aliphatic rings. The van der Waals surface area contributed by atoms with Crippen molar-refractivity contribution >= 4 is 39.9 Å². The van der Waals surface area contributed by atoms with Crippen LogP contribution in [0.4, 0.5) is 5.69 Å². The number of hydrogen-bond acceptors (Lipinski definition) is 5. The first-order chi connectivity index (χ1) is 16.0. The van der Waals surface area contributed by atoms with E-state index in [1.54, 1.807) is 54.7 Å². The van der Waals surface area contributed by atoms with Crippen LogP contribution in [0.15, 0.2) is 80.9 Å². The molecular formula is C23H18ClN5O4. The highest BCUT2D eigenvalue weighted by atomic mass is 35.5. The molecule has 3 aromatic heterocycles. The molecule has 0 unspecified atom stereocenters.